The molecule has 0 saturated heterocycles. The summed E-state index contributed by atoms with van der Waals surface area (Å²) in [6.07, 6.45) is 12.1. The molecule has 4 fully saturated rings. The Kier molecular flexibility index (Phi) is 7.64. The van der Waals surface area contributed by atoms with Gasteiger partial charge in [0, 0.05) is 12.1 Å². The van der Waals surface area contributed by atoms with E-state index in [-0.39, 0.29) is 24.4 Å². The summed E-state index contributed by atoms with van der Waals surface area (Å²) in [6.45, 7) is 5.98. The molecule has 4 rings (SSSR count). The Balaban J connectivity index is 1.74. The second-order valence-corrected chi connectivity index (χ2v) is 14.3. The maximum Gasteiger partial charge on any atom is 0.341 e. The van der Waals surface area contributed by atoms with Gasteiger partial charge in [-0.3, -0.25) is 0 Å². The summed E-state index contributed by atoms with van der Waals surface area (Å²) >= 11 is 0. The molecule has 35 heavy (non-hydrogen) atoms. The van der Waals surface area contributed by atoms with Gasteiger partial charge in [-0.25, -0.2) is 13.2 Å². The molecule has 0 unspecified atom stereocenters. The van der Waals surface area contributed by atoms with E-state index in [1.807, 2.05) is 17.3 Å². The second-order valence-electron chi connectivity index (χ2n) is 12.2. The molecular weight excluding hydrogens is 462 g/mol. The van der Waals surface area contributed by atoms with Crippen LogP contribution in [0, 0.1) is 22.7 Å². The van der Waals surface area contributed by atoms with Gasteiger partial charge < -0.3 is 10.5 Å². The van der Waals surface area contributed by atoms with E-state index in [4.69, 9.17) is 10.5 Å². The number of hydrogen-bond donors (Lipinski definition) is 1. The number of sulfonamides is 1. The van der Waals surface area contributed by atoms with Crippen LogP contribution >= 0.6 is 0 Å². The van der Waals surface area contributed by atoms with Crippen molar-refractivity contribution in [2.24, 2.45) is 17.1 Å². The Bertz CT molecular complexity index is 915. The monoisotopic (exact) mass is 507 g/mol. The fourth-order valence-corrected chi connectivity index (χ4v) is 11.3. The Labute approximate surface area is 212 Å². The quantitative estimate of drug-likeness (QED) is 0.472. The third kappa shape index (κ3) is 4.24. The van der Waals surface area contributed by atoms with Gasteiger partial charge in [-0.1, -0.05) is 65.7 Å². The van der Waals surface area contributed by atoms with E-state index in [1.165, 1.54) is 0 Å². The van der Waals surface area contributed by atoms with Crippen LogP contribution in [0.3, 0.4) is 0 Å². The molecule has 0 aromatic heterocycles. The largest absolute Gasteiger partial charge is 0.458 e. The fraction of sp³-hybridized carbons (Fsp3) is 0.926. The molecule has 0 aromatic carbocycles. The predicted octanol–water partition coefficient (Wildman–Crippen LogP) is 4.80. The Hall–Kier alpha value is -1.17. The van der Waals surface area contributed by atoms with Crippen LogP contribution in [0.4, 0.5) is 0 Å². The first-order valence-electron chi connectivity index (χ1n) is 14.0. The van der Waals surface area contributed by atoms with Crippen molar-refractivity contribution in [3.63, 3.8) is 0 Å². The fourth-order valence-electron chi connectivity index (χ4n) is 8.01. The molecule has 0 spiro atoms. The number of ether oxygens (including phenoxy) is 1. The van der Waals surface area contributed by atoms with Crippen molar-refractivity contribution in [1.82, 2.24) is 4.31 Å². The average molecular weight is 508 g/mol. The summed E-state index contributed by atoms with van der Waals surface area (Å²) < 4.78 is 36.8. The lowest BCUT2D eigenvalue weighted by Gasteiger charge is -2.49. The maximum absolute atomic E-state index is 15.0. The van der Waals surface area contributed by atoms with E-state index in [0.29, 0.717) is 19.3 Å². The Morgan fingerprint density at radius 2 is 1.60 bits per heavy atom. The molecular formula is C27H45N3O4S. The highest BCUT2D eigenvalue weighted by Gasteiger charge is 2.74. The molecule has 0 radical (unpaired) electrons. The molecule has 4 aliphatic rings. The molecule has 0 aliphatic heterocycles. The summed E-state index contributed by atoms with van der Waals surface area (Å²) in [7, 11) is -3.80. The third-order valence-electron chi connectivity index (χ3n) is 10.1. The number of rotatable bonds is 8. The van der Waals surface area contributed by atoms with Gasteiger partial charge >= 0.3 is 5.97 Å². The molecule has 4 atom stereocenters. The van der Waals surface area contributed by atoms with E-state index in [1.54, 1.807) is 0 Å². The first-order valence-corrected chi connectivity index (χ1v) is 15.4. The third-order valence-corrected chi connectivity index (χ3v) is 13.1. The maximum atomic E-state index is 15.0. The zero-order valence-electron chi connectivity index (χ0n) is 21.9. The summed E-state index contributed by atoms with van der Waals surface area (Å²) in [5, 5.41) is 9.65. The van der Waals surface area contributed by atoms with Crippen LogP contribution in [-0.4, -0.2) is 47.2 Å². The Morgan fingerprint density at radius 3 is 2.06 bits per heavy atom. The topological polar surface area (TPSA) is 113 Å². The smallest absolute Gasteiger partial charge is 0.341 e. The molecule has 4 saturated carbocycles. The number of carbonyl (C=O) groups is 1. The molecule has 2 bridgehead atoms. The molecule has 198 valence electrons. The number of carbonyl (C=O) groups excluding carboxylic acids is 1. The van der Waals surface area contributed by atoms with Crippen LogP contribution in [-0.2, 0) is 19.6 Å². The van der Waals surface area contributed by atoms with Crippen molar-refractivity contribution in [3.8, 4) is 6.07 Å². The van der Waals surface area contributed by atoms with Gasteiger partial charge in [-0.15, -0.1) is 0 Å². The van der Waals surface area contributed by atoms with E-state index in [9.17, 15) is 10.1 Å². The minimum absolute atomic E-state index is 0.0332. The number of nitriles is 1. The van der Waals surface area contributed by atoms with Crippen LogP contribution in [0.5, 0.6) is 0 Å². The average Bonchev–Trinajstić information content (AvgIpc) is 3.23. The van der Waals surface area contributed by atoms with Crippen LogP contribution < -0.4 is 5.73 Å². The Morgan fingerprint density at radius 1 is 1.06 bits per heavy atom. The van der Waals surface area contributed by atoms with E-state index in [2.05, 4.69) is 13.8 Å². The molecule has 7 nitrogen and oxygen atoms in total. The summed E-state index contributed by atoms with van der Waals surface area (Å²) in [4.78, 5) is 13.2. The number of nitrogens with zero attached hydrogens (tertiary/aromatic N) is 2. The predicted molar refractivity (Wildman–Crippen MR) is 136 cm³/mol. The van der Waals surface area contributed by atoms with E-state index >= 15 is 8.42 Å². The van der Waals surface area contributed by atoms with Crippen molar-refractivity contribution < 1.29 is 17.9 Å². The lowest BCUT2D eigenvalue weighted by molar-refractivity contribution is -0.156. The standard InChI is InChI=1S/C27H45N3O4S/c1-4-16-26(29,19-28)24(31)34-23-18-20-15-17-27(23,25(20,2)3)35(32,33)30(21-11-7-5-8-12-21)22-13-9-6-10-14-22/h20-23H,4-18,29H2,1-3H3/t20-,23-,26-,27-/m1/s1. The normalized spacial score (nSPS) is 33.4. The minimum atomic E-state index is -3.80. The lowest BCUT2D eigenvalue weighted by atomic mass is 9.81. The van der Waals surface area contributed by atoms with Gasteiger partial charge in [0.15, 0.2) is 0 Å². The highest BCUT2D eigenvalue weighted by atomic mass is 32.2. The molecule has 4 aliphatic carbocycles. The highest BCUT2D eigenvalue weighted by molar-refractivity contribution is 7.90. The summed E-state index contributed by atoms with van der Waals surface area (Å²) in [6, 6.07) is 2.01. The van der Waals surface area contributed by atoms with Crippen molar-refractivity contribution in [1.29, 1.82) is 5.26 Å². The van der Waals surface area contributed by atoms with E-state index in [0.717, 1.165) is 70.6 Å². The highest BCUT2D eigenvalue weighted by Crippen LogP contribution is 2.65. The van der Waals surface area contributed by atoms with Crippen LogP contribution in [0.25, 0.3) is 0 Å². The molecule has 2 N–H and O–H groups in total. The molecule has 0 amide bonds. The van der Waals surface area contributed by atoms with Gasteiger partial charge in [-0.05, 0) is 62.7 Å². The first kappa shape index (κ1) is 26.9. The van der Waals surface area contributed by atoms with Gasteiger partial charge in [0.2, 0.25) is 15.6 Å². The van der Waals surface area contributed by atoms with Crippen LogP contribution in [0.15, 0.2) is 0 Å². The molecule has 8 heteroatoms. The van der Waals surface area contributed by atoms with E-state index < -0.39 is 37.8 Å². The molecule has 0 aromatic rings. The number of nitrogens with two attached hydrogens (primary N) is 1. The molecule has 0 heterocycles. The second kappa shape index (κ2) is 9.95. The van der Waals surface area contributed by atoms with Gasteiger partial charge in [0.25, 0.3) is 0 Å². The van der Waals surface area contributed by atoms with Crippen LogP contribution in [0.1, 0.15) is 117 Å². The summed E-state index contributed by atoms with van der Waals surface area (Å²) in [5.41, 5.74) is 3.89. The SMILES string of the molecule is CCC[C@@](N)(C#N)C(=O)O[C@@H]1C[C@H]2CC[C@]1(S(=O)(=O)N(C1CCCCC1)C1CCCCC1)C2(C)C. The van der Waals surface area contributed by atoms with Gasteiger partial charge in [0.1, 0.15) is 10.9 Å². The number of esters is 1. The van der Waals surface area contributed by atoms with Crippen molar-refractivity contribution >= 4 is 16.0 Å². The van der Waals surface area contributed by atoms with Crippen LogP contribution in [0.2, 0.25) is 0 Å². The minimum Gasteiger partial charge on any atom is -0.458 e. The number of hydrogen-bond acceptors (Lipinski definition) is 6. The van der Waals surface area contributed by atoms with Crippen molar-refractivity contribution in [3.05, 3.63) is 0 Å². The zero-order valence-corrected chi connectivity index (χ0v) is 22.7. The van der Waals surface area contributed by atoms with Crippen molar-refractivity contribution in [2.45, 2.75) is 146 Å². The summed E-state index contributed by atoms with van der Waals surface area (Å²) in [5.74, 6) is -0.610. The lowest BCUT2D eigenvalue weighted by Crippen LogP contribution is -2.64. The van der Waals surface area contributed by atoms with Gasteiger partial charge in [-0.2, -0.15) is 9.57 Å². The first-order chi connectivity index (χ1) is 16.5. The van der Waals surface area contributed by atoms with Gasteiger partial charge in [0.05, 0.1) is 6.07 Å². The van der Waals surface area contributed by atoms with Crippen molar-refractivity contribution in [2.75, 3.05) is 0 Å². The zero-order chi connectivity index (χ0) is 25.5. The number of fused-ring (bicyclic) bond motifs is 2.